The summed E-state index contributed by atoms with van der Waals surface area (Å²) in [5, 5.41) is 24.1. The molecule has 0 aromatic carbocycles. The number of ether oxygens (including phenoxy) is 3. The van der Waals surface area contributed by atoms with Crippen LogP contribution >= 0.6 is 0 Å². The van der Waals surface area contributed by atoms with E-state index in [0.29, 0.717) is 31.3 Å². The van der Waals surface area contributed by atoms with Crippen LogP contribution in [0.1, 0.15) is 66.7 Å². The highest BCUT2D eigenvalue weighted by Crippen LogP contribution is 2.80. The molecule has 0 amide bonds. The van der Waals surface area contributed by atoms with Crippen molar-refractivity contribution in [1.82, 2.24) is 0 Å². The van der Waals surface area contributed by atoms with Crippen molar-refractivity contribution in [3.8, 4) is 0 Å². The zero-order chi connectivity index (χ0) is 28.8. The van der Waals surface area contributed by atoms with E-state index in [-0.39, 0.29) is 42.0 Å². The first-order valence-electron chi connectivity index (χ1n) is 14.7. The van der Waals surface area contributed by atoms with Crippen molar-refractivity contribution in [3.63, 3.8) is 0 Å². The summed E-state index contributed by atoms with van der Waals surface area (Å²) >= 11 is 0. The summed E-state index contributed by atoms with van der Waals surface area (Å²) in [6.45, 7) is 13.0. The van der Waals surface area contributed by atoms with Crippen LogP contribution in [0.5, 0.6) is 0 Å². The molecule has 8 heteroatoms. The molecule has 2 heterocycles. The third-order valence-corrected chi connectivity index (χ3v) is 12.9. The van der Waals surface area contributed by atoms with Gasteiger partial charge in [0.1, 0.15) is 23.9 Å². The van der Waals surface area contributed by atoms with E-state index in [1.165, 1.54) is 6.92 Å². The summed E-state index contributed by atoms with van der Waals surface area (Å²) in [6, 6.07) is 0. The number of hydrogen-bond acceptors (Lipinski definition) is 8. The fourth-order valence-corrected chi connectivity index (χ4v) is 10.9. The summed E-state index contributed by atoms with van der Waals surface area (Å²) in [5.41, 5.74) is -3.69. The predicted molar refractivity (Wildman–Crippen MR) is 142 cm³/mol. The van der Waals surface area contributed by atoms with Gasteiger partial charge in [-0.15, -0.1) is 0 Å². The average Bonchev–Trinajstić information content (AvgIpc) is 3.57. The van der Waals surface area contributed by atoms with Gasteiger partial charge in [-0.3, -0.25) is 9.59 Å². The average molecular weight is 553 g/mol. The first-order chi connectivity index (χ1) is 18.6. The van der Waals surface area contributed by atoms with Crippen LogP contribution < -0.4 is 0 Å². The zero-order valence-corrected chi connectivity index (χ0v) is 23.9. The van der Waals surface area contributed by atoms with Gasteiger partial charge in [0.15, 0.2) is 0 Å². The maximum atomic E-state index is 14.5. The standard InChI is InChI=1S/C32H40O8/c1-15-7-8-19-22(15)24-20(13-21(30(19,6)37)38-17(3)33)32(27(35)40-24)14-31-12-11-28(32,4)25(31)23-18(9-10-29(31,5)36)16(2)26(34)39-23/h7,11-12,18-25,36-37H,2,8-10,13-14H2,1,3-6H3. The monoisotopic (exact) mass is 552 g/mol. The lowest BCUT2D eigenvalue weighted by Crippen LogP contribution is -2.51. The normalized spacial score (nSPS) is 55.6. The molecule has 2 N–H and O–H groups in total. The van der Waals surface area contributed by atoms with Gasteiger partial charge in [-0.25, -0.2) is 4.79 Å². The molecule has 7 rings (SSSR count). The largest absolute Gasteiger partial charge is 0.461 e. The van der Waals surface area contributed by atoms with Gasteiger partial charge < -0.3 is 24.4 Å². The lowest BCUT2D eigenvalue weighted by atomic mass is 9.55. The van der Waals surface area contributed by atoms with Gasteiger partial charge in [-0.2, -0.15) is 0 Å². The van der Waals surface area contributed by atoms with Crippen molar-refractivity contribution >= 4 is 17.9 Å². The van der Waals surface area contributed by atoms with Crippen molar-refractivity contribution < 1.29 is 38.8 Å². The Kier molecular flexibility index (Phi) is 5.08. The van der Waals surface area contributed by atoms with Gasteiger partial charge in [0.25, 0.3) is 0 Å². The molecule has 0 radical (unpaired) electrons. The van der Waals surface area contributed by atoms with Crippen molar-refractivity contribution in [2.24, 2.45) is 45.8 Å². The molecule has 7 aliphatic rings. The van der Waals surface area contributed by atoms with E-state index in [1.54, 1.807) is 6.92 Å². The summed E-state index contributed by atoms with van der Waals surface area (Å²) in [5.74, 6) is -2.66. The molecule has 216 valence electrons. The van der Waals surface area contributed by atoms with Gasteiger partial charge in [-0.05, 0) is 52.9 Å². The van der Waals surface area contributed by atoms with E-state index in [2.05, 4.69) is 31.7 Å². The molecule has 2 saturated heterocycles. The molecule has 0 aromatic heterocycles. The molecular formula is C32H40O8. The number of esters is 3. The number of fused-ring (bicyclic) bond motifs is 6. The molecule has 5 aliphatic carbocycles. The van der Waals surface area contributed by atoms with Crippen molar-refractivity contribution in [2.75, 3.05) is 0 Å². The maximum absolute atomic E-state index is 14.5. The molecule has 0 aromatic rings. The Bertz CT molecular complexity index is 1310. The molecule has 8 nitrogen and oxygen atoms in total. The SMILES string of the molecule is C=C1C(=O)OC2C1CCC(C)(O)C13C=CC(C)(C21)C1(C3)C(=O)OC2C3C(C)=CCC3C(C)(O)C(OC(C)=O)CC21. The fraction of sp³-hybridized carbons (Fsp3) is 0.719. The van der Waals surface area contributed by atoms with Gasteiger partial charge in [0.05, 0.1) is 11.0 Å². The Morgan fingerprint density at radius 1 is 1.10 bits per heavy atom. The van der Waals surface area contributed by atoms with Crippen molar-refractivity contribution in [3.05, 3.63) is 36.0 Å². The maximum Gasteiger partial charge on any atom is 0.334 e. The van der Waals surface area contributed by atoms with Crippen LogP contribution in [0, 0.1) is 45.8 Å². The fourth-order valence-electron chi connectivity index (χ4n) is 10.9. The Balaban J connectivity index is 1.42. The highest BCUT2D eigenvalue weighted by atomic mass is 16.6. The Morgan fingerprint density at radius 2 is 1.82 bits per heavy atom. The second-order valence-corrected chi connectivity index (χ2v) is 14.4. The molecule has 2 aliphatic heterocycles. The first kappa shape index (κ1) is 26.4. The quantitative estimate of drug-likeness (QED) is 0.220. The smallest absolute Gasteiger partial charge is 0.334 e. The molecule has 40 heavy (non-hydrogen) atoms. The minimum atomic E-state index is -1.32. The third kappa shape index (κ3) is 2.78. The number of rotatable bonds is 1. The molecule has 5 fully saturated rings. The van der Waals surface area contributed by atoms with E-state index in [4.69, 9.17) is 14.2 Å². The Labute approximate surface area is 234 Å². The minimum absolute atomic E-state index is 0.213. The number of carbonyl (C=O) groups is 3. The highest BCUT2D eigenvalue weighted by Gasteiger charge is 2.84. The zero-order valence-electron chi connectivity index (χ0n) is 23.9. The summed E-state index contributed by atoms with van der Waals surface area (Å²) in [4.78, 5) is 39.5. The van der Waals surface area contributed by atoms with Gasteiger partial charge in [0.2, 0.25) is 0 Å². The second kappa shape index (κ2) is 7.68. The molecule has 1 spiro atoms. The van der Waals surface area contributed by atoms with E-state index in [1.807, 2.05) is 13.8 Å². The van der Waals surface area contributed by atoms with Crippen LogP contribution in [0.3, 0.4) is 0 Å². The number of aliphatic hydroxyl groups is 2. The molecular weight excluding hydrogens is 512 g/mol. The van der Waals surface area contributed by atoms with Gasteiger partial charge in [-0.1, -0.05) is 37.3 Å². The van der Waals surface area contributed by atoms with Crippen LogP contribution in [0.2, 0.25) is 0 Å². The van der Waals surface area contributed by atoms with E-state index in [9.17, 15) is 24.6 Å². The molecule has 2 bridgehead atoms. The van der Waals surface area contributed by atoms with Crippen LogP contribution in [-0.4, -0.2) is 57.6 Å². The lowest BCUT2D eigenvalue weighted by Gasteiger charge is -2.45. The van der Waals surface area contributed by atoms with Crippen molar-refractivity contribution in [1.29, 1.82) is 0 Å². The molecule has 13 unspecified atom stereocenters. The highest BCUT2D eigenvalue weighted by molar-refractivity contribution is 5.91. The van der Waals surface area contributed by atoms with Crippen LogP contribution in [0.25, 0.3) is 0 Å². The van der Waals surface area contributed by atoms with Gasteiger partial charge in [0, 0.05) is 52.9 Å². The topological polar surface area (TPSA) is 119 Å². The van der Waals surface area contributed by atoms with E-state index in [0.717, 1.165) is 5.57 Å². The molecule has 3 saturated carbocycles. The number of allylic oxidation sites excluding steroid dienone is 2. The minimum Gasteiger partial charge on any atom is -0.461 e. The van der Waals surface area contributed by atoms with E-state index < -0.39 is 57.7 Å². The molecule has 13 atom stereocenters. The van der Waals surface area contributed by atoms with Crippen molar-refractivity contribution in [2.45, 2.75) is 96.2 Å². The Morgan fingerprint density at radius 3 is 2.52 bits per heavy atom. The summed E-state index contributed by atoms with van der Waals surface area (Å²) < 4.78 is 18.3. The van der Waals surface area contributed by atoms with Gasteiger partial charge >= 0.3 is 17.9 Å². The summed E-state index contributed by atoms with van der Waals surface area (Å²) in [7, 11) is 0. The second-order valence-electron chi connectivity index (χ2n) is 14.4. The number of hydrogen-bond donors (Lipinski definition) is 2. The number of carbonyl (C=O) groups excluding carboxylic acids is 3. The lowest BCUT2D eigenvalue weighted by molar-refractivity contribution is -0.173. The van der Waals surface area contributed by atoms with Crippen LogP contribution in [-0.2, 0) is 28.6 Å². The third-order valence-electron chi connectivity index (χ3n) is 12.9. The van der Waals surface area contributed by atoms with Crippen LogP contribution in [0.15, 0.2) is 36.0 Å². The summed E-state index contributed by atoms with van der Waals surface area (Å²) in [6.07, 6.45) is 6.62. The van der Waals surface area contributed by atoms with E-state index >= 15 is 0 Å². The predicted octanol–water partition coefficient (Wildman–Crippen LogP) is 3.41. The van der Waals surface area contributed by atoms with Crippen LogP contribution in [0.4, 0.5) is 0 Å². The first-order valence-corrected chi connectivity index (χ1v) is 14.7. The Hall–Kier alpha value is -2.45.